The number of carbonyl (C=O) groups is 3. The molecule has 0 bridgehead atoms. The smallest absolute Gasteiger partial charge is 0.434 e. The first-order valence-electron chi connectivity index (χ1n) is 9.38. The fourth-order valence-corrected chi connectivity index (χ4v) is 2.64. The Labute approximate surface area is 177 Å². The average molecular weight is 422 g/mol. The van der Waals surface area contributed by atoms with Crippen LogP contribution in [0.4, 0.5) is 20.6 Å². The number of rotatable bonds is 6. The minimum absolute atomic E-state index is 0.0814. The molecule has 0 saturated heterocycles. The highest BCUT2D eigenvalue weighted by Gasteiger charge is 2.12. The Morgan fingerprint density at radius 1 is 0.839 bits per heavy atom. The average Bonchev–Trinajstić information content (AvgIpc) is 2.75. The highest BCUT2D eigenvalue weighted by Crippen LogP contribution is 2.19. The Bertz CT molecular complexity index is 1100. The fraction of sp³-hybridized carbons (Fsp3) is 0.0870. The standard InChI is InChI=1S/C23H19FN2O5/c1-2-30-23(29)31-18-12-10-15(11-13-18)21(27)25-16-6-5-7-17(14-16)26-22(28)19-8-3-4-9-20(19)24/h3-14H,2H2,1H3,(H,25,27)(H,26,28). The van der Waals surface area contributed by atoms with E-state index in [9.17, 15) is 18.8 Å². The second kappa shape index (κ2) is 10.0. The molecule has 7 nitrogen and oxygen atoms in total. The number of carbonyl (C=O) groups excluding carboxylic acids is 3. The summed E-state index contributed by atoms with van der Waals surface area (Å²) in [4.78, 5) is 36.0. The van der Waals surface area contributed by atoms with E-state index in [0.717, 1.165) is 0 Å². The summed E-state index contributed by atoms with van der Waals surface area (Å²) < 4.78 is 23.4. The number of hydrogen-bond acceptors (Lipinski definition) is 5. The maximum absolute atomic E-state index is 13.8. The Hall–Kier alpha value is -4.20. The lowest BCUT2D eigenvalue weighted by molar-refractivity contribution is 0.101. The summed E-state index contributed by atoms with van der Waals surface area (Å²) in [7, 11) is 0. The van der Waals surface area contributed by atoms with Crippen LogP contribution in [-0.4, -0.2) is 24.6 Å². The van der Waals surface area contributed by atoms with Gasteiger partial charge in [-0.15, -0.1) is 0 Å². The first-order chi connectivity index (χ1) is 15.0. The molecule has 0 spiro atoms. The predicted octanol–water partition coefficient (Wildman–Crippen LogP) is 4.87. The molecule has 2 N–H and O–H groups in total. The SMILES string of the molecule is CCOC(=O)Oc1ccc(C(=O)Nc2cccc(NC(=O)c3ccccc3F)c2)cc1. The highest BCUT2D eigenvalue weighted by molar-refractivity contribution is 6.06. The molecule has 0 atom stereocenters. The maximum Gasteiger partial charge on any atom is 0.513 e. The van der Waals surface area contributed by atoms with Crippen LogP contribution in [0.3, 0.4) is 0 Å². The van der Waals surface area contributed by atoms with Gasteiger partial charge in [-0.2, -0.15) is 0 Å². The van der Waals surface area contributed by atoms with Gasteiger partial charge in [0.05, 0.1) is 12.2 Å². The molecule has 8 heteroatoms. The summed E-state index contributed by atoms with van der Waals surface area (Å²) in [6, 6.07) is 18.0. The van der Waals surface area contributed by atoms with Crippen LogP contribution < -0.4 is 15.4 Å². The molecular weight excluding hydrogens is 403 g/mol. The van der Waals surface area contributed by atoms with Crippen molar-refractivity contribution in [1.82, 2.24) is 0 Å². The molecule has 158 valence electrons. The zero-order valence-corrected chi connectivity index (χ0v) is 16.6. The van der Waals surface area contributed by atoms with E-state index in [2.05, 4.69) is 15.4 Å². The van der Waals surface area contributed by atoms with Crippen LogP contribution >= 0.6 is 0 Å². The van der Waals surface area contributed by atoms with Crippen molar-refractivity contribution in [3.8, 4) is 5.75 Å². The van der Waals surface area contributed by atoms with E-state index in [0.29, 0.717) is 16.9 Å². The molecule has 0 aliphatic carbocycles. The van der Waals surface area contributed by atoms with E-state index in [1.807, 2.05) is 0 Å². The topological polar surface area (TPSA) is 93.7 Å². The molecule has 0 radical (unpaired) electrons. The van der Waals surface area contributed by atoms with Gasteiger partial charge in [0.15, 0.2) is 0 Å². The van der Waals surface area contributed by atoms with Gasteiger partial charge >= 0.3 is 6.16 Å². The molecule has 3 aromatic rings. The van der Waals surface area contributed by atoms with Gasteiger partial charge in [0.2, 0.25) is 0 Å². The number of hydrogen-bond donors (Lipinski definition) is 2. The summed E-state index contributed by atoms with van der Waals surface area (Å²) in [6.07, 6.45) is -0.825. The van der Waals surface area contributed by atoms with E-state index >= 15 is 0 Å². The molecule has 3 aromatic carbocycles. The molecule has 0 unspecified atom stereocenters. The summed E-state index contributed by atoms with van der Waals surface area (Å²) in [6.45, 7) is 1.86. The van der Waals surface area contributed by atoms with Crippen LogP contribution in [0.1, 0.15) is 27.6 Å². The van der Waals surface area contributed by atoms with E-state index in [4.69, 9.17) is 4.74 Å². The van der Waals surface area contributed by atoms with Gasteiger partial charge < -0.3 is 20.1 Å². The Kier molecular flexibility index (Phi) is 6.95. The molecule has 0 aliphatic rings. The highest BCUT2D eigenvalue weighted by atomic mass is 19.1. The first kappa shape index (κ1) is 21.5. The molecule has 0 aliphatic heterocycles. The van der Waals surface area contributed by atoms with Crippen LogP contribution in [-0.2, 0) is 4.74 Å². The van der Waals surface area contributed by atoms with Crippen molar-refractivity contribution < 1.29 is 28.2 Å². The lowest BCUT2D eigenvalue weighted by Crippen LogP contribution is -2.15. The van der Waals surface area contributed by atoms with Crippen LogP contribution in [0.15, 0.2) is 72.8 Å². The van der Waals surface area contributed by atoms with Crippen LogP contribution in [0.25, 0.3) is 0 Å². The number of ether oxygens (including phenoxy) is 2. The van der Waals surface area contributed by atoms with Crippen molar-refractivity contribution in [1.29, 1.82) is 0 Å². The number of amides is 2. The fourth-order valence-electron chi connectivity index (χ4n) is 2.64. The molecule has 0 aromatic heterocycles. The molecular formula is C23H19FN2O5. The zero-order valence-electron chi connectivity index (χ0n) is 16.6. The van der Waals surface area contributed by atoms with Crippen molar-refractivity contribution in [2.24, 2.45) is 0 Å². The van der Waals surface area contributed by atoms with Crippen molar-refractivity contribution in [2.75, 3.05) is 17.2 Å². The second-order valence-electron chi connectivity index (χ2n) is 6.28. The normalized spacial score (nSPS) is 10.1. The van der Waals surface area contributed by atoms with Crippen LogP contribution in [0.5, 0.6) is 5.75 Å². The van der Waals surface area contributed by atoms with Crippen molar-refractivity contribution in [3.05, 3.63) is 89.7 Å². The number of benzene rings is 3. The first-order valence-corrected chi connectivity index (χ1v) is 9.38. The summed E-state index contributed by atoms with van der Waals surface area (Å²) in [5.41, 5.74) is 1.08. The number of nitrogens with one attached hydrogen (secondary N) is 2. The third-order valence-electron chi connectivity index (χ3n) is 4.08. The third kappa shape index (κ3) is 5.89. The summed E-state index contributed by atoms with van der Waals surface area (Å²) in [5, 5.41) is 5.30. The lowest BCUT2D eigenvalue weighted by atomic mass is 10.2. The van der Waals surface area contributed by atoms with Crippen molar-refractivity contribution >= 4 is 29.3 Å². The zero-order chi connectivity index (χ0) is 22.2. The van der Waals surface area contributed by atoms with Crippen molar-refractivity contribution in [3.63, 3.8) is 0 Å². The maximum atomic E-state index is 13.8. The van der Waals surface area contributed by atoms with Crippen LogP contribution in [0, 0.1) is 5.82 Å². The molecule has 31 heavy (non-hydrogen) atoms. The van der Waals surface area contributed by atoms with E-state index in [1.54, 1.807) is 37.3 Å². The van der Waals surface area contributed by atoms with Crippen LogP contribution in [0.2, 0.25) is 0 Å². The van der Waals surface area contributed by atoms with E-state index < -0.39 is 23.8 Å². The number of halogens is 1. The molecule has 0 saturated carbocycles. The quantitative estimate of drug-likeness (QED) is 0.437. The largest absolute Gasteiger partial charge is 0.513 e. The molecule has 0 fully saturated rings. The number of anilines is 2. The second-order valence-corrected chi connectivity index (χ2v) is 6.28. The minimum Gasteiger partial charge on any atom is -0.434 e. The van der Waals surface area contributed by atoms with E-state index in [-0.39, 0.29) is 17.9 Å². The van der Waals surface area contributed by atoms with Gasteiger partial charge in [0, 0.05) is 16.9 Å². The summed E-state index contributed by atoms with van der Waals surface area (Å²) >= 11 is 0. The monoisotopic (exact) mass is 422 g/mol. The van der Waals surface area contributed by atoms with Gasteiger partial charge in [0.25, 0.3) is 11.8 Å². The van der Waals surface area contributed by atoms with E-state index in [1.165, 1.54) is 42.5 Å². The lowest BCUT2D eigenvalue weighted by Gasteiger charge is -2.10. The van der Waals surface area contributed by atoms with Gasteiger partial charge in [-0.25, -0.2) is 9.18 Å². The molecule has 2 amide bonds. The third-order valence-corrected chi connectivity index (χ3v) is 4.08. The Morgan fingerprint density at radius 2 is 1.48 bits per heavy atom. The predicted molar refractivity (Wildman–Crippen MR) is 113 cm³/mol. The Morgan fingerprint density at radius 3 is 2.13 bits per heavy atom. The molecule has 0 heterocycles. The van der Waals surface area contributed by atoms with Crippen molar-refractivity contribution in [2.45, 2.75) is 6.92 Å². The van der Waals surface area contributed by atoms with Gasteiger partial charge in [-0.05, 0) is 61.5 Å². The van der Waals surface area contributed by atoms with Gasteiger partial charge in [-0.1, -0.05) is 18.2 Å². The van der Waals surface area contributed by atoms with Gasteiger partial charge in [-0.3, -0.25) is 9.59 Å². The molecule has 3 rings (SSSR count). The van der Waals surface area contributed by atoms with Gasteiger partial charge in [0.1, 0.15) is 11.6 Å². The summed E-state index contributed by atoms with van der Waals surface area (Å²) in [5.74, 6) is -1.38. The minimum atomic E-state index is -0.825. The Balaban J connectivity index is 1.64.